The molecule has 0 heterocycles. The molecule has 0 aliphatic heterocycles. The lowest BCUT2D eigenvalue weighted by molar-refractivity contribution is -0.159. The first-order chi connectivity index (χ1) is 54.8. The Balaban J connectivity index is 4.09. The fourth-order valence-electron chi connectivity index (χ4n) is 10.1. The molecule has 0 aromatic carbocycles. The molecule has 0 N–H and O–H groups in total. The second-order valence-electron chi connectivity index (χ2n) is 33.9. The second kappa shape index (κ2) is 70.7. The molecule has 0 amide bonds. The van der Waals surface area contributed by atoms with E-state index in [1.165, 1.54) is 19.3 Å². The van der Waals surface area contributed by atoms with Crippen LogP contribution in [-0.2, 0) is 128 Å². The lowest BCUT2D eigenvalue weighted by atomic mass is 9.91. The standard InChI is InChI=1S/C89H178O27/c1-31-34-35-87(32-2)61-115-85(27)59-113-83(25)57-111-81(23)55-109-79(21)53-107-77(19)51-105-75(17)49-103-73(15)47-101-71(13)45-99-69(11)43-97-67(9)41-95-65(7)39-93-63(5)37-91-62(4)36-92-64(6)38-94-66(8)40-96-68(10)42-98-70(12)44-100-72(14)46-102-74(16)48-104-76(18)50-106-78(20)52-108-80(22)54-110-82(24)56-112-84(26)58-114-86(28)60-116-88(90)89(29,30)33-3/h62-87H,31-61H2,1-30H3. The van der Waals surface area contributed by atoms with Crippen molar-refractivity contribution in [2.45, 2.75) is 392 Å². The highest BCUT2D eigenvalue weighted by Crippen LogP contribution is 2.22. The van der Waals surface area contributed by atoms with Crippen molar-refractivity contribution in [3.8, 4) is 0 Å². The Bertz CT molecular complexity index is 2190. The SMILES string of the molecule is CCCCC(CC)COC(C)COC(C)COC(C)COC(C)COC(C)COC(C)COC(C)COC(C)COC(C)COC(C)COC(C)COC(C)COC(C)COC(C)COC(C)COC(C)COC(C)COC(C)COC(C)COC(C)COC(C)COC(C)COC(C)COC(C)COC(C)COC(=O)C(C)(C)CC. The van der Waals surface area contributed by atoms with Gasteiger partial charge >= 0.3 is 5.97 Å². The monoisotopic (exact) mass is 1680 g/mol. The number of unbranched alkanes of at least 4 members (excludes halogenated alkanes) is 1. The summed E-state index contributed by atoms with van der Waals surface area (Å²) in [6.45, 7) is 71.3. The fourth-order valence-corrected chi connectivity index (χ4v) is 10.1. The van der Waals surface area contributed by atoms with Crippen molar-refractivity contribution in [3.63, 3.8) is 0 Å². The zero-order valence-corrected chi connectivity index (χ0v) is 79.0. The van der Waals surface area contributed by atoms with E-state index in [-0.39, 0.29) is 165 Å². The second-order valence-corrected chi connectivity index (χ2v) is 33.9. The highest BCUT2D eigenvalue weighted by atomic mass is 16.6. The molecule has 0 fully saturated rings. The fraction of sp³-hybridized carbons (Fsp3) is 0.989. The van der Waals surface area contributed by atoms with Crippen LogP contribution in [0.5, 0.6) is 0 Å². The quantitative estimate of drug-likeness (QED) is 0.0513. The summed E-state index contributed by atoms with van der Waals surface area (Å²) in [5.41, 5.74) is -0.503. The molecule has 116 heavy (non-hydrogen) atoms. The van der Waals surface area contributed by atoms with Crippen LogP contribution < -0.4 is 0 Å². The zero-order chi connectivity index (χ0) is 87.4. The molecule has 27 heteroatoms. The van der Waals surface area contributed by atoms with Gasteiger partial charge in [0.15, 0.2) is 0 Å². The largest absolute Gasteiger partial charge is 0.463 e. The third kappa shape index (κ3) is 67.9. The highest BCUT2D eigenvalue weighted by molar-refractivity contribution is 5.75. The van der Waals surface area contributed by atoms with Gasteiger partial charge in [0.2, 0.25) is 0 Å². The number of hydrogen-bond donors (Lipinski definition) is 0. The molecule has 0 bridgehead atoms. The molecule has 0 saturated heterocycles. The van der Waals surface area contributed by atoms with Gasteiger partial charge in [-0.1, -0.05) is 40.0 Å². The summed E-state index contributed by atoms with van der Waals surface area (Å²) in [6, 6.07) is 0. The van der Waals surface area contributed by atoms with Gasteiger partial charge in [0.25, 0.3) is 0 Å². The Hall–Kier alpha value is -1.53. The molecule has 0 aromatic rings. The maximum Gasteiger partial charge on any atom is 0.311 e. The molecular weight excluding hydrogens is 1500 g/mol. The lowest BCUT2D eigenvalue weighted by Crippen LogP contribution is -2.31. The molecule has 0 spiro atoms. The van der Waals surface area contributed by atoms with Gasteiger partial charge in [0.1, 0.15) is 6.61 Å². The van der Waals surface area contributed by atoms with E-state index >= 15 is 0 Å². The maximum absolute atomic E-state index is 12.2. The van der Waals surface area contributed by atoms with Crippen molar-refractivity contribution in [2.24, 2.45) is 11.3 Å². The smallest absolute Gasteiger partial charge is 0.311 e. The highest BCUT2D eigenvalue weighted by Gasteiger charge is 2.28. The van der Waals surface area contributed by atoms with Crippen molar-refractivity contribution < 1.29 is 128 Å². The summed E-state index contributed by atoms with van der Waals surface area (Å²) in [5, 5.41) is 0. The zero-order valence-electron chi connectivity index (χ0n) is 79.0. The van der Waals surface area contributed by atoms with Crippen LogP contribution in [0.3, 0.4) is 0 Å². The Morgan fingerprint density at radius 3 is 0.431 bits per heavy atom. The molecule has 26 atom stereocenters. The van der Waals surface area contributed by atoms with Gasteiger partial charge in [-0.25, -0.2) is 0 Å². The number of hydrogen-bond acceptors (Lipinski definition) is 27. The van der Waals surface area contributed by atoms with Crippen molar-refractivity contribution in [3.05, 3.63) is 0 Å². The number of rotatable bonds is 83. The molecule has 0 rings (SSSR count). The lowest BCUT2D eigenvalue weighted by Gasteiger charge is -2.24. The maximum atomic E-state index is 12.2. The summed E-state index contributed by atoms with van der Waals surface area (Å²) in [5.74, 6) is 0.404. The van der Waals surface area contributed by atoms with Crippen LogP contribution in [0.15, 0.2) is 0 Å². The minimum atomic E-state index is -0.503. The molecular formula is C89H178O27. The average Bonchev–Trinajstić information content (AvgIpc) is 0.890. The van der Waals surface area contributed by atoms with Crippen LogP contribution >= 0.6 is 0 Å². The first kappa shape index (κ1) is 114. The molecule has 0 aliphatic carbocycles. The predicted octanol–water partition coefficient (Wildman–Crippen LogP) is 14.3. The molecule has 0 radical (unpaired) electrons. The van der Waals surface area contributed by atoms with Gasteiger partial charge in [-0.15, -0.1) is 0 Å². The van der Waals surface area contributed by atoms with Crippen LogP contribution in [0, 0.1) is 11.3 Å². The van der Waals surface area contributed by atoms with Crippen molar-refractivity contribution in [1.29, 1.82) is 0 Å². The first-order valence-electron chi connectivity index (χ1n) is 44.4. The van der Waals surface area contributed by atoms with E-state index in [0.29, 0.717) is 171 Å². The van der Waals surface area contributed by atoms with Gasteiger partial charge in [-0.2, -0.15) is 0 Å². The third-order valence-corrected chi connectivity index (χ3v) is 18.8. The van der Waals surface area contributed by atoms with E-state index in [2.05, 4.69) is 20.8 Å². The Kier molecular flexibility index (Phi) is 69.8. The minimum Gasteiger partial charge on any atom is -0.463 e. The number of carbonyl (C=O) groups is 1. The Labute approximate surface area is 706 Å². The van der Waals surface area contributed by atoms with Gasteiger partial charge in [0, 0.05) is 6.61 Å². The van der Waals surface area contributed by atoms with Crippen LogP contribution in [0.25, 0.3) is 0 Å². The van der Waals surface area contributed by atoms with E-state index in [1.807, 2.05) is 187 Å². The van der Waals surface area contributed by atoms with Crippen molar-refractivity contribution in [1.82, 2.24) is 0 Å². The molecule has 0 aromatic heterocycles. The molecule has 26 unspecified atom stereocenters. The average molecular weight is 1680 g/mol. The number of ether oxygens (including phenoxy) is 26. The predicted molar refractivity (Wildman–Crippen MR) is 454 cm³/mol. The van der Waals surface area contributed by atoms with E-state index in [1.54, 1.807) is 0 Å². The van der Waals surface area contributed by atoms with E-state index in [4.69, 9.17) is 123 Å². The Morgan fingerprint density at radius 2 is 0.319 bits per heavy atom. The summed E-state index contributed by atoms with van der Waals surface area (Å²) in [6.07, 6.45) is 2.67. The first-order valence-corrected chi connectivity index (χ1v) is 44.4. The van der Waals surface area contributed by atoms with Gasteiger partial charge in [0.05, 0.1) is 317 Å². The Morgan fingerprint density at radius 1 is 0.198 bits per heavy atom. The van der Waals surface area contributed by atoms with Gasteiger partial charge in [-0.3, -0.25) is 4.79 Å². The van der Waals surface area contributed by atoms with Gasteiger partial charge in [-0.05, 0) is 206 Å². The summed E-state index contributed by atoms with van der Waals surface area (Å²) in [4.78, 5) is 12.2. The van der Waals surface area contributed by atoms with Crippen LogP contribution in [0.1, 0.15) is 240 Å². The van der Waals surface area contributed by atoms with E-state index in [9.17, 15) is 4.79 Å². The normalized spacial score (nSPS) is 19.3. The van der Waals surface area contributed by atoms with Crippen LogP contribution in [-0.4, -0.2) is 330 Å². The number of esters is 1. The third-order valence-electron chi connectivity index (χ3n) is 18.8. The minimum absolute atomic E-state index is 0.0350. The topological polar surface area (TPSA) is 257 Å². The van der Waals surface area contributed by atoms with E-state index < -0.39 is 5.41 Å². The van der Waals surface area contributed by atoms with Crippen molar-refractivity contribution in [2.75, 3.05) is 172 Å². The summed E-state index contributed by atoms with van der Waals surface area (Å²) < 4.78 is 156. The summed E-state index contributed by atoms with van der Waals surface area (Å²) in [7, 11) is 0. The molecule has 0 saturated carbocycles. The molecule has 27 nitrogen and oxygen atoms in total. The molecule has 696 valence electrons. The molecule has 0 aliphatic rings. The number of carbonyl (C=O) groups excluding carboxylic acids is 1. The van der Waals surface area contributed by atoms with Crippen molar-refractivity contribution >= 4 is 5.97 Å². The van der Waals surface area contributed by atoms with Crippen LogP contribution in [0.2, 0.25) is 0 Å². The summed E-state index contributed by atoms with van der Waals surface area (Å²) >= 11 is 0. The van der Waals surface area contributed by atoms with Gasteiger partial charge < -0.3 is 123 Å². The van der Waals surface area contributed by atoms with Crippen LogP contribution in [0.4, 0.5) is 0 Å². The van der Waals surface area contributed by atoms with E-state index in [0.717, 1.165) is 13.0 Å².